The van der Waals surface area contributed by atoms with Crippen molar-refractivity contribution in [1.82, 2.24) is 9.55 Å². The van der Waals surface area contributed by atoms with Gasteiger partial charge in [-0.1, -0.05) is 13.0 Å². The summed E-state index contributed by atoms with van der Waals surface area (Å²) in [5.41, 5.74) is 1.65. The molecule has 1 aromatic heterocycles. The van der Waals surface area contributed by atoms with E-state index in [0.29, 0.717) is 11.3 Å². The van der Waals surface area contributed by atoms with Crippen molar-refractivity contribution in [3.05, 3.63) is 47.5 Å². The second-order valence-electron chi connectivity index (χ2n) is 3.97. The van der Waals surface area contributed by atoms with Crippen molar-refractivity contribution < 1.29 is 4.74 Å². The monoisotopic (exact) mass is 241 g/mol. The number of methoxy groups -OCH3 is 1. The van der Waals surface area contributed by atoms with Crippen molar-refractivity contribution in [2.75, 3.05) is 7.11 Å². The summed E-state index contributed by atoms with van der Waals surface area (Å²) < 4.78 is 7.30. The second-order valence-corrected chi connectivity index (χ2v) is 3.97. The molecular weight excluding hydrogens is 226 g/mol. The van der Waals surface area contributed by atoms with Crippen LogP contribution in [-0.4, -0.2) is 16.7 Å². The molecule has 0 bridgehead atoms. The van der Waals surface area contributed by atoms with E-state index < -0.39 is 0 Å². The lowest BCUT2D eigenvalue weighted by molar-refractivity contribution is 0.413. The summed E-state index contributed by atoms with van der Waals surface area (Å²) in [6.07, 6.45) is 4.67. The maximum atomic E-state index is 8.93. The maximum absolute atomic E-state index is 8.93. The van der Waals surface area contributed by atoms with E-state index in [2.05, 4.69) is 22.5 Å². The fraction of sp³-hybridized carbons (Fsp3) is 0.286. The molecule has 0 unspecified atom stereocenters. The molecule has 0 radical (unpaired) electrons. The van der Waals surface area contributed by atoms with Gasteiger partial charge in [0.25, 0.3) is 0 Å². The Balaban J connectivity index is 2.28. The first-order valence-corrected chi connectivity index (χ1v) is 5.85. The van der Waals surface area contributed by atoms with Crippen molar-refractivity contribution in [1.29, 1.82) is 5.26 Å². The van der Waals surface area contributed by atoms with Gasteiger partial charge >= 0.3 is 0 Å². The molecule has 0 N–H and O–H groups in total. The Kier molecular flexibility index (Phi) is 3.63. The topological polar surface area (TPSA) is 50.8 Å². The molecule has 0 fully saturated rings. The summed E-state index contributed by atoms with van der Waals surface area (Å²) in [5.74, 6) is 1.67. The van der Waals surface area contributed by atoms with Crippen LogP contribution < -0.4 is 4.74 Å². The lowest BCUT2D eigenvalue weighted by atomic mass is 10.1. The van der Waals surface area contributed by atoms with Crippen molar-refractivity contribution in [2.24, 2.45) is 0 Å². The quantitative estimate of drug-likeness (QED) is 0.825. The lowest BCUT2D eigenvalue weighted by Gasteiger charge is -2.09. The van der Waals surface area contributed by atoms with Crippen molar-refractivity contribution in [3.63, 3.8) is 0 Å². The molecular formula is C14H15N3O. The van der Waals surface area contributed by atoms with Crippen LogP contribution in [0.25, 0.3) is 0 Å². The smallest absolute Gasteiger partial charge is 0.136 e. The third-order valence-electron chi connectivity index (χ3n) is 2.86. The fourth-order valence-corrected chi connectivity index (χ4v) is 1.92. The van der Waals surface area contributed by atoms with Crippen molar-refractivity contribution >= 4 is 0 Å². The van der Waals surface area contributed by atoms with Gasteiger partial charge in [-0.3, -0.25) is 0 Å². The molecule has 0 saturated carbocycles. The Morgan fingerprint density at radius 1 is 1.44 bits per heavy atom. The molecule has 0 aliphatic carbocycles. The zero-order valence-electron chi connectivity index (χ0n) is 10.6. The van der Waals surface area contributed by atoms with Crippen LogP contribution in [0, 0.1) is 11.3 Å². The number of rotatable bonds is 4. The Morgan fingerprint density at radius 2 is 2.28 bits per heavy atom. The highest BCUT2D eigenvalue weighted by molar-refractivity contribution is 5.45. The zero-order valence-corrected chi connectivity index (χ0v) is 10.6. The highest BCUT2D eigenvalue weighted by atomic mass is 16.5. The number of nitrogens with zero attached hydrogens (tertiary/aromatic N) is 3. The van der Waals surface area contributed by atoms with E-state index in [0.717, 1.165) is 24.4 Å². The van der Waals surface area contributed by atoms with Gasteiger partial charge in [0.2, 0.25) is 0 Å². The number of imidazole rings is 1. The molecule has 18 heavy (non-hydrogen) atoms. The largest absolute Gasteiger partial charge is 0.495 e. The van der Waals surface area contributed by atoms with Gasteiger partial charge in [0, 0.05) is 25.4 Å². The van der Waals surface area contributed by atoms with E-state index in [1.54, 1.807) is 19.4 Å². The van der Waals surface area contributed by atoms with Gasteiger partial charge in [-0.25, -0.2) is 4.98 Å². The molecule has 0 aliphatic rings. The van der Waals surface area contributed by atoms with Crippen LogP contribution in [0.2, 0.25) is 0 Å². The molecule has 0 atom stereocenters. The van der Waals surface area contributed by atoms with Gasteiger partial charge in [-0.2, -0.15) is 5.26 Å². The Labute approximate surface area is 106 Å². The number of benzene rings is 1. The molecule has 1 aromatic carbocycles. The van der Waals surface area contributed by atoms with E-state index in [9.17, 15) is 0 Å². The normalized spacial score (nSPS) is 10.1. The van der Waals surface area contributed by atoms with E-state index >= 15 is 0 Å². The van der Waals surface area contributed by atoms with Gasteiger partial charge in [0.1, 0.15) is 17.6 Å². The Bertz CT molecular complexity index is 581. The zero-order chi connectivity index (χ0) is 13.0. The summed E-state index contributed by atoms with van der Waals surface area (Å²) in [4.78, 5) is 4.29. The third kappa shape index (κ3) is 2.35. The summed E-state index contributed by atoms with van der Waals surface area (Å²) in [6.45, 7) is 2.82. The number of hydrogen-bond donors (Lipinski definition) is 0. The molecule has 0 aliphatic heterocycles. The van der Waals surface area contributed by atoms with Gasteiger partial charge in [0.05, 0.1) is 12.7 Å². The minimum Gasteiger partial charge on any atom is -0.495 e. The van der Waals surface area contributed by atoms with Crippen LogP contribution in [0.15, 0.2) is 30.6 Å². The van der Waals surface area contributed by atoms with Crippen LogP contribution in [0.5, 0.6) is 5.75 Å². The first-order valence-electron chi connectivity index (χ1n) is 5.85. The number of nitriles is 1. The second kappa shape index (κ2) is 5.37. The van der Waals surface area contributed by atoms with Crippen LogP contribution in [0.3, 0.4) is 0 Å². The van der Waals surface area contributed by atoms with Gasteiger partial charge in [0.15, 0.2) is 0 Å². The molecule has 0 spiro atoms. The molecule has 4 heteroatoms. The van der Waals surface area contributed by atoms with E-state index in [1.165, 1.54) is 0 Å². The van der Waals surface area contributed by atoms with Crippen molar-refractivity contribution in [3.8, 4) is 11.8 Å². The number of aromatic nitrogens is 2. The molecule has 0 saturated heterocycles. The van der Waals surface area contributed by atoms with Crippen LogP contribution >= 0.6 is 0 Å². The molecule has 0 amide bonds. The highest BCUT2D eigenvalue weighted by Gasteiger charge is 2.06. The number of hydrogen-bond acceptors (Lipinski definition) is 3. The summed E-state index contributed by atoms with van der Waals surface area (Å²) >= 11 is 0. The van der Waals surface area contributed by atoms with Gasteiger partial charge in [-0.15, -0.1) is 0 Å². The Hall–Kier alpha value is -2.28. The third-order valence-corrected chi connectivity index (χ3v) is 2.86. The SMILES string of the molecule is CCc1nccn1Cc1ccc(C#N)c(OC)c1. The summed E-state index contributed by atoms with van der Waals surface area (Å²) in [7, 11) is 1.58. The molecule has 92 valence electrons. The van der Waals surface area contributed by atoms with E-state index in [1.807, 2.05) is 18.3 Å². The van der Waals surface area contributed by atoms with Crippen LogP contribution in [-0.2, 0) is 13.0 Å². The molecule has 4 nitrogen and oxygen atoms in total. The van der Waals surface area contributed by atoms with Crippen LogP contribution in [0.1, 0.15) is 23.9 Å². The lowest BCUT2D eigenvalue weighted by Crippen LogP contribution is -2.03. The standard InChI is InChI=1S/C14H15N3O/c1-3-14-16-6-7-17(14)10-11-4-5-12(9-15)13(8-11)18-2/h4-8H,3,10H2,1-2H3. The summed E-state index contributed by atoms with van der Waals surface area (Å²) in [6, 6.07) is 7.75. The summed E-state index contributed by atoms with van der Waals surface area (Å²) in [5, 5.41) is 8.93. The maximum Gasteiger partial charge on any atom is 0.136 e. The number of aryl methyl sites for hydroxylation is 1. The Morgan fingerprint density at radius 3 is 2.94 bits per heavy atom. The molecule has 2 rings (SSSR count). The molecule has 1 heterocycles. The van der Waals surface area contributed by atoms with E-state index in [-0.39, 0.29) is 0 Å². The highest BCUT2D eigenvalue weighted by Crippen LogP contribution is 2.20. The number of ether oxygens (including phenoxy) is 1. The van der Waals surface area contributed by atoms with Gasteiger partial charge in [-0.05, 0) is 17.7 Å². The first-order chi connectivity index (χ1) is 8.78. The van der Waals surface area contributed by atoms with Gasteiger partial charge < -0.3 is 9.30 Å². The first kappa shape index (κ1) is 12.2. The molecule has 2 aromatic rings. The van der Waals surface area contributed by atoms with Crippen LogP contribution in [0.4, 0.5) is 0 Å². The minimum atomic E-state index is 0.558. The predicted molar refractivity (Wildman–Crippen MR) is 68.4 cm³/mol. The average molecular weight is 241 g/mol. The average Bonchev–Trinajstić information content (AvgIpc) is 2.85. The van der Waals surface area contributed by atoms with E-state index in [4.69, 9.17) is 10.00 Å². The minimum absolute atomic E-state index is 0.558. The van der Waals surface area contributed by atoms with Crippen molar-refractivity contribution in [2.45, 2.75) is 19.9 Å². The fourth-order valence-electron chi connectivity index (χ4n) is 1.92. The predicted octanol–water partition coefficient (Wildman–Crippen LogP) is 2.37.